The molecule has 0 atom stereocenters. The molecule has 0 fully saturated rings. The van der Waals surface area contributed by atoms with Crippen molar-refractivity contribution in [2.75, 3.05) is 5.75 Å². The summed E-state index contributed by atoms with van der Waals surface area (Å²) in [6.45, 7) is 4.30. The molecule has 0 saturated carbocycles. The first-order valence-electron chi connectivity index (χ1n) is 9.25. The van der Waals surface area contributed by atoms with E-state index in [2.05, 4.69) is 46.7 Å². The fraction of sp³-hybridized carbons (Fsp3) is 0.238. The van der Waals surface area contributed by atoms with Gasteiger partial charge in [0.2, 0.25) is 0 Å². The molecule has 3 rings (SSSR count). The van der Waals surface area contributed by atoms with E-state index in [0.29, 0.717) is 5.92 Å². The lowest BCUT2D eigenvalue weighted by Crippen LogP contribution is -2.19. The number of halogens is 1. The largest absolute Gasteiger partial charge is 0.272 e. The van der Waals surface area contributed by atoms with Crippen LogP contribution < -0.4 is 5.43 Å². The molecule has 0 aliphatic rings. The van der Waals surface area contributed by atoms with Crippen molar-refractivity contribution in [1.29, 1.82) is 0 Å². The number of carbonyl (C=O) groups is 1. The number of hydrogen-bond acceptors (Lipinski definition) is 7. The van der Waals surface area contributed by atoms with Crippen LogP contribution in [-0.4, -0.2) is 28.1 Å². The monoisotopic (exact) mass is 476 g/mol. The van der Waals surface area contributed by atoms with Crippen LogP contribution in [0.2, 0.25) is 5.02 Å². The molecule has 1 heterocycles. The van der Waals surface area contributed by atoms with Crippen molar-refractivity contribution in [1.82, 2.24) is 15.6 Å². The zero-order chi connectivity index (χ0) is 21.3. The van der Waals surface area contributed by atoms with Crippen molar-refractivity contribution in [3.05, 3.63) is 70.2 Å². The van der Waals surface area contributed by atoms with Gasteiger partial charge in [-0.1, -0.05) is 103 Å². The van der Waals surface area contributed by atoms with Gasteiger partial charge in [-0.2, -0.15) is 5.10 Å². The van der Waals surface area contributed by atoms with Crippen LogP contribution in [0.25, 0.3) is 0 Å². The molecule has 0 spiro atoms. The summed E-state index contributed by atoms with van der Waals surface area (Å²) >= 11 is 10.6. The van der Waals surface area contributed by atoms with Crippen molar-refractivity contribution in [2.45, 2.75) is 34.2 Å². The van der Waals surface area contributed by atoms with E-state index in [1.54, 1.807) is 18.0 Å². The molecular formula is C21H21ClN4OS3. The highest BCUT2D eigenvalue weighted by atomic mass is 35.5. The van der Waals surface area contributed by atoms with Crippen LogP contribution in [0, 0.1) is 0 Å². The third kappa shape index (κ3) is 7.12. The molecular weight excluding hydrogens is 456 g/mol. The SMILES string of the molecule is CC(C)c1ccc(/C=N\NC(=O)CSc2nnc(SCc3ccccc3Cl)s2)cc1. The Morgan fingerprint density at radius 2 is 1.83 bits per heavy atom. The first kappa shape index (κ1) is 22.8. The normalized spacial score (nSPS) is 11.3. The summed E-state index contributed by atoms with van der Waals surface area (Å²) in [5.74, 6) is 1.26. The van der Waals surface area contributed by atoms with E-state index in [9.17, 15) is 4.79 Å². The van der Waals surface area contributed by atoms with Gasteiger partial charge >= 0.3 is 0 Å². The predicted octanol–water partition coefficient (Wildman–Crippen LogP) is 5.85. The molecule has 1 aromatic heterocycles. The van der Waals surface area contributed by atoms with E-state index in [0.717, 1.165) is 30.6 Å². The van der Waals surface area contributed by atoms with Gasteiger partial charge in [0.15, 0.2) is 8.68 Å². The number of thioether (sulfide) groups is 2. The van der Waals surface area contributed by atoms with Crippen molar-refractivity contribution < 1.29 is 4.79 Å². The van der Waals surface area contributed by atoms with Gasteiger partial charge in [0.1, 0.15) is 0 Å². The molecule has 156 valence electrons. The lowest BCUT2D eigenvalue weighted by atomic mass is 10.0. The molecule has 0 aliphatic heterocycles. The minimum absolute atomic E-state index is 0.185. The van der Waals surface area contributed by atoms with Gasteiger partial charge in [-0.15, -0.1) is 10.2 Å². The first-order valence-corrected chi connectivity index (χ1v) is 12.4. The maximum Gasteiger partial charge on any atom is 0.250 e. The number of carbonyl (C=O) groups excluding carboxylic acids is 1. The van der Waals surface area contributed by atoms with Crippen LogP contribution in [0.15, 0.2) is 62.3 Å². The number of hydrazone groups is 1. The van der Waals surface area contributed by atoms with Crippen molar-refractivity contribution >= 4 is 58.6 Å². The summed E-state index contributed by atoms with van der Waals surface area (Å²) in [4.78, 5) is 12.0. The Labute approximate surface area is 193 Å². The van der Waals surface area contributed by atoms with Crippen LogP contribution >= 0.6 is 46.5 Å². The Morgan fingerprint density at radius 1 is 1.13 bits per heavy atom. The topological polar surface area (TPSA) is 67.2 Å². The Morgan fingerprint density at radius 3 is 2.53 bits per heavy atom. The van der Waals surface area contributed by atoms with E-state index in [4.69, 9.17) is 11.6 Å². The van der Waals surface area contributed by atoms with Crippen LogP contribution in [0.1, 0.15) is 36.5 Å². The smallest absolute Gasteiger partial charge is 0.250 e. The quantitative estimate of drug-likeness (QED) is 0.238. The van der Waals surface area contributed by atoms with E-state index in [1.165, 1.54) is 28.7 Å². The van der Waals surface area contributed by atoms with Crippen LogP contribution in [-0.2, 0) is 10.5 Å². The van der Waals surface area contributed by atoms with Crippen molar-refractivity contribution in [3.8, 4) is 0 Å². The maximum atomic E-state index is 12.0. The summed E-state index contributed by atoms with van der Waals surface area (Å²) in [5.41, 5.74) is 5.82. The molecule has 30 heavy (non-hydrogen) atoms. The fourth-order valence-corrected chi connectivity index (χ4v) is 5.47. The second-order valence-electron chi connectivity index (χ2n) is 6.62. The van der Waals surface area contributed by atoms with E-state index < -0.39 is 0 Å². The third-order valence-corrected chi connectivity index (χ3v) is 7.64. The van der Waals surface area contributed by atoms with Gasteiger partial charge in [-0.05, 0) is 28.7 Å². The number of hydrogen-bond donors (Lipinski definition) is 1. The molecule has 2 aromatic carbocycles. The number of aromatic nitrogens is 2. The minimum Gasteiger partial charge on any atom is -0.272 e. The zero-order valence-corrected chi connectivity index (χ0v) is 19.7. The van der Waals surface area contributed by atoms with Gasteiger partial charge < -0.3 is 0 Å². The molecule has 5 nitrogen and oxygen atoms in total. The highest BCUT2D eigenvalue weighted by Crippen LogP contribution is 2.32. The molecule has 3 aromatic rings. The standard InChI is InChI=1S/C21H21ClN4OS3/c1-14(2)16-9-7-15(8-10-16)11-23-24-19(27)13-29-21-26-25-20(30-21)28-12-17-5-3-4-6-18(17)22/h3-11,14H,12-13H2,1-2H3,(H,24,27)/b23-11-. The maximum absolute atomic E-state index is 12.0. The number of amides is 1. The van der Waals surface area contributed by atoms with Crippen LogP contribution in [0.3, 0.4) is 0 Å². The summed E-state index contributed by atoms with van der Waals surface area (Å²) in [6, 6.07) is 15.9. The van der Waals surface area contributed by atoms with Crippen LogP contribution in [0.5, 0.6) is 0 Å². The lowest BCUT2D eigenvalue weighted by Gasteiger charge is -2.04. The summed E-state index contributed by atoms with van der Waals surface area (Å²) in [6.07, 6.45) is 1.64. The summed E-state index contributed by atoms with van der Waals surface area (Å²) in [7, 11) is 0. The number of rotatable bonds is 9. The Kier molecular flexibility index (Phi) is 8.74. The number of nitrogens with one attached hydrogen (secondary N) is 1. The molecule has 0 bridgehead atoms. The molecule has 0 radical (unpaired) electrons. The molecule has 0 unspecified atom stereocenters. The molecule has 1 N–H and O–H groups in total. The Hall–Kier alpha value is -1.87. The summed E-state index contributed by atoms with van der Waals surface area (Å²) in [5, 5.41) is 13.1. The van der Waals surface area contributed by atoms with E-state index in [-0.39, 0.29) is 11.7 Å². The second kappa shape index (κ2) is 11.5. The van der Waals surface area contributed by atoms with E-state index in [1.807, 2.05) is 36.4 Å². The third-order valence-electron chi connectivity index (χ3n) is 4.03. The van der Waals surface area contributed by atoms with Gasteiger partial charge in [0.25, 0.3) is 5.91 Å². The molecule has 9 heteroatoms. The highest BCUT2D eigenvalue weighted by Gasteiger charge is 2.09. The Bertz CT molecular complexity index is 1010. The number of benzene rings is 2. The van der Waals surface area contributed by atoms with Gasteiger partial charge in [0.05, 0.1) is 12.0 Å². The zero-order valence-electron chi connectivity index (χ0n) is 16.5. The first-order chi connectivity index (χ1) is 14.5. The Balaban J connectivity index is 1.41. The lowest BCUT2D eigenvalue weighted by molar-refractivity contribution is -0.118. The fourth-order valence-electron chi connectivity index (χ4n) is 2.37. The average Bonchev–Trinajstić information content (AvgIpc) is 3.20. The van der Waals surface area contributed by atoms with Crippen molar-refractivity contribution in [3.63, 3.8) is 0 Å². The molecule has 0 aliphatic carbocycles. The average molecular weight is 477 g/mol. The minimum atomic E-state index is -0.185. The predicted molar refractivity (Wildman–Crippen MR) is 128 cm³/mol. The second-order valence-corrected chi connectivity index (χ2v) is 10.4. The summed E-state index contributed by atoms with van der Waals surface area (Å²) < 4.78 is 1.60. The number of nitrogens with zero attached hydrogens (tertiary/aromatic N) is 3. The van der Waals surface area contributed by atoms with Crippen molar-refractivity contribution in [2.24, 2.45) is 5.10 Å². The van der Waals surface area contributed by atoms with Gasteiger partial charge in [-0.25, -0.2) is 5.43 Å². The molecule has 1 amide bonds. The molecule has 0 saturated heterocycles. The van der Waals surface area contributed by atoms with E-state index >= 15 is 0 Å². The highest BCUT2D eigenvalue weighted by molar-refractivity contribution is 8.03. The van der Waals surface area contributed by atoms with Gasteiger partial charge in [-0.3, -0.25) is 4.79 Å². The van der Waals surface area contributed by atoms with Crippen LogP contribution in [0.4, 0.5) is 0 Å². The van der Waals surface area contributed by atoms with Gasteiger partial charge in [0, 0.05) is 10.8 Å².